The molecule has 0 aromatic carbocycles. The Hall–Kier alpha value is -1.15. The molecule has 0 fully saturated rings. The van der Waals surface area contributed by atoms with Crippen molar-refractivity contribution < 1.29 is 15.0 Å². The van der Waals surface area contributed by atoms with Gasteiger partial charge in [-0.3, -0.25) is 4.79 Å². The van der Waals surface area contributed by atoms with Gasteiger partial charge in [0.15, 0.2) is 11.4 Å². The molecule has 0 saturated carbocycles. The van der Waals surface area contributed by atoms with Gasteiger partial charge in [0.2, 0.25) is 5.91 Å². The van der Waals surface area contributed by atoms with Crippen LogP contribution in [0, 0.1) is 0 Å². The number of aryl methyl sites for hydroxylation is 1. The van der Waals surface area contributed by atoms with Crippen LogP contribution in [-0.4, -0.2) is 33.1 Å². The van der Waals surface area contributed by atoms with Gasteiger partial charge in [-0.25, -0.2) is 4.98 Å². The average Bonchev–Trinajstić information content (AvgIpc) is 2.82. The van der Waals surface area contributed by atoms with Crippen LogP contribution in [0.4, 0.5) is 5.13 Å². The number of nitrogens with one attached hydrogen (secondary N) is 1. The van der Waals surface area contributed by atoms with Crippen molar-refractivity contribution >= 4 is 34.1 Å². The topological polar surface area (TPSA) is 82.5 Å². The molecule has 116 valence electrons. The standard InChI is InChI=1S/C14H20N2O3S2/c1-3-4-12(20-8-7-13(18)19)6-5-11-9-21-14(16-11)15-10(2)17/h3-4,9,13,18-19H,1,5-8H2,2H3,(H,15,16,17)/b12-4-. The predicted octanol–water partition coefficient (Wildman–Crippen LogP) is 2.54. The molecule has 0 aliphatic heterocycles. The highest BCUT2D eigenvalue weighted by molar-refractivity contribution is 8.03. The lowest BCUT2D eigenvalue weighted by molar-refractivity contribution is -0.114. The number of aliphatic hydroxyl groups excluding tert-OH is 1. The molecule has 0 saturated heterocycles. The number of thioether (sulfide) groups is 1. The number of carbonyl (C=O) groups is 1. The Bertz CT molecular complexity index is 498. The summed E-state index contributed by atoms with van der Waals surface area (Å²) in [4.78, 5) is 16.4. The van der Waals surface area contributed by atoms with Gasteiger partial charge >= 0.3 is 0 Å². The van der Waals surface area contributed by atoms with Crippen LogP contribution < -0.4 is 5.32 Å². The van der Waals surface area contributed by atoms with Crippen molar-refractivity contribution in [2.24, 2.45) is 0 Å². The van der Waals surface area contributed by atoms with Crippen molar-refractivity contribution in [2.75, 3.05) is 11.1 Å². The summed E-state index contributed by atoms with van der Waals surface area (Å²) in [7, 11) is 0. The number of aromatic nitrogens is 1. The molecule has 1 aromatic heterocycles. The number of nitrogens with zero attached hydrogens (tertiary/aromatic N) is 1. The van der Waals surface area contributed by atoms with E-state index in [2.05, 4.69) is 16.9 Å². The van der Waals surface area contributed by atoms with Crippen molar-refractivity contribution in [1.29, 1.82) is 0 Å². The predicted molar refractivity (Wildman–Crippen MR) is 88.3 cm³/mol. The summed E-state index contributed by atoms with van der Waals surface area (Å²) < 4.78 is 0. The number of allylic oxidation sites excluding steroid dienone is 3. The van der Waals surface area contributed by atoms with Crippen LogP contribution in [0.3, 0.4) is 0 Å². The zero-order valence-corrected chi connectivity index (χ0v) is 13.5. The van der Waals surface area contributed by atoms with Crippen LogP contribution in [0.1, 0.15) is 25.5 Å². The molecule has 1 amide bonds. The minimum absolute atomic E-state index is 0.124. The molecule has 5 nitrogen and oxygen atoms in total. The van der Waals surface area contributed by atoms with E-state index in [0.717, 1.165) is 23.4 Å². The maximum Gasteiger partial charge on any atom is 0.223 e. The number of hydrogen-bond acceptors (Lipinski definition) is 6. The van der Waals surface area contributed by atoms with Gasteiger partial charge in [-0.2, -0.15) is 0 Å². The average molecular weight is 328 g/mol. The fourth-order valence-electron chi connectivity index (χ4n) is 1.51. The number of amides is 1. The lowest BCUT2D eigenvalue weighted by atomic mass is 10.2. The smallest absolute Gasteiger partial charge is 0.223 e. The Morgan fingerprint density at radius 3 is 3.00 bits per heavy atom. The molecule has 0 spiro atoms. The molecular formula is C14H20N2O3S2. The van der Waals surface area contributed by atoms with Crippen LogP contribution in [-0.2, 0) is 11.2 Å². The third-order valence-electron chi connectivity index (χ3n) is 2.43. The van der Waals surface area contributed by atoms with Gasteiger partial charge in [0, 0.05) is 24.5 Å². The minimum atomic E-state index is -1.26. The summed E-state index contributed by atoms with van der Waals surface area (Å²) in [5, 5.41) is 22.9. The van der Waals surface area contributed by atoms with E-state index >= 15 is 0 Å². The molecule has 0 atom stereocenters. The van der Waals surface area contributed by atoms with Crippen LogP contribution in [0.25, 0.3) is 0 Å². The second kappa shape index (κ2) is 9.73. The zero-order valence-electron chi connectivity index (χ0n) is 11.9. The van der Waals surface area contributed by atoms with Crippen LogP contribution in [0.5, 0.6) is 0 Å². The molecule has 0 unspecified atom stereocenters. The van der Waals surface area contributed by atoms with Crippen molar-refractivity contribution in [2.45, 2.75) is 32.5 Å². The van der Waals surface area contributed by atoms with Crippen LogP contribution >= 0.6 is 23.1 Å². The Balaban J connectivity index is 2.45. The molecule has 1 rings (SSSR count). The Labute approximate surface area is 132 Å². The Morgan fingerprint density at radius 1 is 1.62 bits per heavy atom. The molecule has 0 aliphatic carbocycles. The van der Waals surface area contributed by atoms with Crippen LogP contribution in [0.15, 0.2) is 29.0 Å². The summed E-state index contributed by atoms with van der Waals surface area (Å²) in [6.45, 7) is 5.14. The van der Waals surface area contributed by atoms with Gasteiger partial charge in [-0.05, 0) is 17.7 Å². The highest BCUT2D eigenvalue weighted by atomic mass is 32.2. The van der Waals surface area contributed by atoms with E-state index in [1.165, 1.54) is 18.3 Å². The molecule has 3 N–H and O–H groups in total. The second-order valence-electron chi connectivity index (χ2n) is 4.31. The molecule has 0 radical (unpaired) electrons. The van der Waals surface area contributed by atoms with E-state index in [1.807, 2.05) is 11.5 Å². The van der Waals surface area contributed by atoms with E-state index in [1.54, 1.807) is 17.8 Å². The quantitative estimate of drug-likeness (QED) is 0.479. The van der Waals surface area contributed by atoms with Gasteiger partial charge in [0.05, 0.1) is 5.69 Å². The molecule has 0 aliphatic rings. The molecular weight excluding hydrogens is 308 g/mol. The van der Waals surface area contributed by atoms with E-state index in [4.69, 9.17) is 10.2 Å². The van der Waals surface area contributed by atoms with Crippen molar-refractivity contribution in [3.8, 4) is 0 Å². The van der Waals surface area contributed by atoms with Gasteiger partial charge in [0.25, 0.3) is 0 Å². The van der Waals surface area contributed by atoms with E-state index in [0.29, 0.717) is 17.3 Å². The first-order valence-corrected chi connectivity index (χ1v) is 8.40. The monoisotopic (exact) mass is 328 g/mol. The highest BCUT2D eigenvalue weighted by Crippen LogP contribution is 2.24. The summed E-state index contributed by atoms with van der Waals surface area (Å²) in [6, 6.07) is 0. The SMILES string of the molecule is C=C/C=C(/CCc1csc(NC(C)=O)n1)SCCC(O)O. The fraction of sp³-hybridized carbons (Fsp3) is 0.429. The zero-order chi connectivity index (χ0) is 15.7. The third-order valence-corrected chi connectivity index (χ3v) is 4.39. The first-order chi connectivity index (χ1) is 10.0. The highest BCUT2D eigenvalue weighted by Gasteiger charge is 2.06. The Kier molecular flexibility index (Phi) is 8.29. The van der Waals surface area contributed by atoms with Gasteiger partial charge < -0.3 is 15.5 Å². The summed E-state index contributed by atoms with van der Waals surface area (Å²) >= 11 is 3.00. The minimum Gasteiger partial charge on any atom is -0.368 e. The van der Waals surface area contributed by atoms with Gasteiger partial charge in [-0.1, -0.05) is 18.7 Å². The second-order valence-corrected chi connectivity index (χ2v) is 6.39. The molecule has 1 aromatic rings. The van der Waals surface area contributed by atoms with Crippen molar-refractivity contribution in [3.63, 3.8) is 0 Å². The first-order valence-electron chi connectivity index (χ1n) is 6.53. The first kappa shape index (κ1) is 17.9. The van der Waals surface area contributed by atoms with Gasteiger partial charge in [0.1, 0.15) is 0 Å². The molecule has 0 bridgehead atoms. The fourth-order valence-corrected chi connectivity index (χ4v) is 3.33. The molecule has 21 heavy (non-hydrogen) atoms. The van der Waals surface area contributed by atoms with E-state index in [9.17, 15) is 4.79 Å². The largest absolute Gasteiger partial charge is 0.368 e. The normalized spacial score (nSPS) is 11.7. The third kappa shape index (κ3) is 8.01. The van der Waals surface area contributed by atoms with Crippen molar-refractivity contribution in [1.82, 2.24) is 4.98 Å². The number of hydrogen-bond donors (Lipinski definition) is 3. The number of aliphatic hydroxyl groups is 2. The van der Waals surface area contributed by atoms with Crippen molar-refractivity contribution in [3.05, 3.63) is 34.7 Å². The number of anilines is 1. The number of carbonyl (C=O) groups excluding carboxylic acids is 1. The maximum absolute atomic E-state index is 10.9. The van der Waals surface area contributed by atoms with Crippen LogP contribution in [0.2, 0.25) is 0 Å². The Morgan fingerprint density at radius 2 is 2.38 bits per heavy atom. The van der Waals surface area contributed by atoms with E-state index in [-0.39, 0.29) is 5.91 Å². The summed E-state index contributed by atoms with van der Waals surface area (Å²) in [5.74, 6) is 0.521. The maximum atomic E-state index is 10.9. The summed E-state index contributed by atoms with van der Waals surface area (Å²) in [6.07, 6.45) is 4.30. The molecule has 1 heterocycles. The van der Waals surface area contributed by atoms with E-state index < -0.39 is 6.29 Å². The number of thiazole rings is 1. The lowest BCUT2D eigenvalue weighted by Gasteiger charge is -2.07. The van der Waals surface area contributed by atoms with Gasteiger partial charge in [-0.15, -0.1) is 23.1 Å². The molecule has 7 heteroatoms. The number of rotatable bonds is 9. The lowest BCUT2D eigenvalue weighted by Crippen LogP contribution is -2.05. The summed E-state index contributed by atoms with van der Waals surface area (Å²) in [5.41, 5.74) is 0.932.